The zero-order valence-corrected chi connectivity index (χ0v) is 13.3. The second kappa shape index (κ2) is 9.54. The van der Waals surface area contributed by atoms with Crippen molar-refractivity contribution in [2.24, 2.45) is 0 Å². The number of aromatic nitrogens is 1. The van der Waals surface area contributed by atoms with Crippen LogP contribution in [0.1, 0.15) is 62.3 Å². The molecule has 0 atom stereocenters. The van der Waals surface area contributed by atoms with Gasteiger partial charge in [-0.05, 0) is 44.4 Å². The lowest BCUT2D eigenvalue weighted by Gasteiger charge is -2.21. The van der Waals surface area contributed by atoms with Crippen LogP contribution in [0.25, 0.3) is 0 Å². The van der Waals surface area contributed by atoms with Gasteiger partial charge in [-0.25, -0.2) is 4.98 Å². The third-order valence-corrected chi connectivity index (χ3v) is 2.59. The molecule has 1 amide bonds. The number of aryl methyl sites for hydroxylation is 2. The highest BCUT2D eigenvalue weighted by molar-refractivity contribution is 5.92. The van der Waals surface area contributed by atoms with E-state index in [-0.39, 0.29) is 5.91 Å². The van der Waals surface area contributed by atoms with Gasteiger partial charge in [-0.2, -0.15) is 0 Å². The van der Waals surface area contributed by atoms with Gasteiger partial charge in [0, 0.05) is 18.8 Å². The van der Waals surface area contributed by atoms with E-state index in [0.717, 1.165) is 37.2 Å². The summed E-state index contributed by atoms with van der Waals surface area (Å²) in [5.74, 6) is 0.0560. The summed E-state index contributed by atoms with van der Waals surface area (Å²) in [6, 6.07) is 3.86. The molecule has 108 valence electrons. The van der Waals surface area contributed by atoms with Crippen LogP contribution in [0.15, 0.2) is 12.1 Å². The molecule has 3 nitrogen and oxygen atoms in total. The highest BCUT2D eigenvalue weighted by Gasteiger charge is 2.15. The normalized spacial score (nSPS) is 9.58. The van der Waals surface area contributed by atoms with Crippen molar-refractivity contribution < 1.29 is 4.79 Å². The smallest absolute Gasteiger partial charge is 0.272 e. The minimum atomic E-state index is 0.0560. The van der Waals surface area contributed by atoms with Crippen LogP contribution in [0, 0.1) is 13.8 Å². The summed E-state index contributed by atoms with van der Waals surface area (Å²) < 4.78 is 0. The Morgan fingerprint density at radius 1 is 1.11 bits per heavy atom. The fourth-order valence-electron chi connectivity index (χ4n) is 1.97. The van der Waals surface area contributed by atoms with Crippen molar-refractivity contribution in [1.82, 2.24) is 9.88 Å². The number of nitrogens with zero attached hydrogens (tertiary/aromatic N) is 2. The van der Waals surface area contributed by atoms with Crippen LogP contribution < -0.4 is 0 Å². The molecule has 1 rings (SSSR count). The average Bonchev–Trinajstić information content (AvgIpc) is 2.39. The lowest BCUT2D eigenvalue weighted by molar-refractivity contribution is 0.0749. The third-order valence-electron chi connectivity index (χ3n) is 2.59. The summed E-state index contributed by atoms with van der Waals surface area (Å²) >= 11 is 0. The number of hydrogen-bond donors (Lipinski definition) is 0. The highest BCUT2D eigenvalue weighted by atomic mass is 16.2. The van der Waals surface area contributed by atoms with Crippen LogP contribution in [0.2, 0.25) is 0 Å². The number of hydrogen-bond acceptors (Lipinski definition) is 2. The summed E-state index contributed by atoms with van der Waals surface area (Å²) in [5.41, 5.74) is 2.57. The molecule has 0 aliphatic carbocycles. The van der Waals surface area contributed by atoms with E-state index >= 15 is 0 Å². The van der Waals surface area contributed by atoms with Gasteiger partial charge in [-0.15, -0.1) is 0 Å². The van der Waals surface area contributed by atoms with E-state index in [4.69, 9.17) is 0 Å². The number of rotatable bonds is 5. The molecule has 0 fully saturated rings. The Morgan fingerprint density at radius 2 is 1.63 bits per heavy atom. The van der Waals surface area contributed by atoms with E-state index in [1.54, 1.807) is 0 Å². The van der Waals surface area contributed by atoms with Gasteiger partial charge in [-0.3, -0.25) is 4.79 Å². The largest absolute Gasteiger partial charge is 0.337 e. The summed E-state index contributed by atoms with van der Waals surface area (Å²) in [7, 11) is 0. The third kappa shape index (κ3) is 5.86. The van der Waals surface area contributed by atoms with Crippen LogP contribution >= 0.6 is 0 Å². The Balaban J connectivity index is 0.00000154. The molecule has 0 spiro atoms. The molecular weight excluding hydrogens is 236 g/mol. The van der Waals surface area contributed by atoms with Gasteiger partial charge in [0.05, 0.1) is 0 Å². The van der Waals surface area contributed by atoms with Crippen LogP contribution in [0.3, 0.4) is 0 Å². The first kappa shape index (κ1) is 17.6. The van der Waals surface area contributed by atoms with Crippen LogP contribution in [-0.2, 0) is 0 Å². The van der Waals surface area contributed by atoms with Gasteiger partial charge in [0.15, 0.2) is 0 Å². The van der Waals surface area contributed by atoms with Crippen molar-refractivity contribution in [3.63, 3.8) is 0 Å². The minimum Gasteiger partial charge on any atom is -0.337 e. The maximum Gasteiger partial charge on any atom is 0.272 e. The zero-order valence-electron chi connectivity index (χ0n) is 13.3. The molecule has 0 unspecified atom stereocenters. The van der Waals surface area contributed by atoms with E-state index in [1.165, 1.54) is 0 Å². The van der Waals surface area contributed by atoms with E-state index in [2.05, 4.69) is 18.8 Å². The quantitative estimate of drug-likeness (QED) is 0.805. The second-order valence-electron chi connectivity index (χ2n) is 4.46. The molecule has 3 heteroatoms. The van der Waals surface area contributed by atoms with Gasteiger partial charge in [0.2, 0.25) is 0 Å². The Hall–Kier alpha value is -1.38. The monoisotopic (exact) mass is 264 g/mol. The minimum absolute atomic E-state index is 0.0560. The fourth-order valence-corrected chi connectivity index (χ4v) is 1.97. The van der Waals surface area contributed by atoms with Crippen LogP contribution in [-0.4, -0.2) is 28.9 Å². The lowest BCUT2D eigenvalue weighted by atomic mass is 10.2. The van der Waals surface area contributed by atoms with Gasteiger partial charge < -0.3 is 4.90 Å². The SMILES string of the molecule is CC.CCCN(CCC)C(=O)c1cc(C)cc(C)n1. The summed E-state index contributed by atoms with van der Waals surface area (Å²) in [6.07, 6.45) is 1.97. The summed E-state index contributed by atoms with van der Waals surface area (Å²) in [6.45, 7) is 13.7. The highest BCUT2D eigenvalue weighted by Crippen LogP contribution is 2.08. The molecule has 0 N–H and O–H groups in total. The second-order valence-corrected chi connectivity index (χ2v) is 4.46. The Kier molecular flexibility index (Phi) is 8.84. The molecule has 0 aromatic carbocycles. The molecule has 19 heavy (non-hydrogen) atoms. The van der Waals surface area contributed by atoms with Gasteiger partial charge in [0.25, 0.3) is 5.91 Å². The number of carbonyl (C=O) groups excluding carboxylic acids is 1. The first-order valence-corrected chi connectivity index (χ1v) is 7.33. The van der Waals surface area contributed by atoms with Crippen molar-refractivity contribution >= 4 is 5.91 Å². The molecule has 1 aromatic rings. The standard InChI is InChI=1S/C14H22N2O.C2H6/c1-5-7-16(8-6-2)14(17)13-10-11(3)9-12(4)15-13;1-2/h9-10H,5-8H2,1-4H3;1-2H3. The van der Waals surface area contributed by atoms with Crippen LogP contribution in [0.4, 0.5) is 0 Å². The average molecular weight is 264 g/mol. The van der Waals surface area contributed by atoms with Crippen molar-refractivity contribution in [1.29, 1.82) is 0 Å². The van der Waals surface area contributed by atoms with Crippen molar-refractivity contribution in [2.75, 3.05) is 13.1 Å². The molecule has 0 saturated heterocycles. The number of carbonyl (C=O) groups is 1. The molecular formula is C16H28N2O. The van der Waals surface area contributed by atoms with Crippen molar-refractivity contribution in [3.05, 3.63) is 29.1 Å². The summed E-state index contributed by atoms with van der Waals surface area (Å²) in [5, 5.41) is 0. The fraction of sp³-hybridized carbons (Fsp3) is 0.625. The number of pyridine rings is 1. The lowest BCUT2D eigenvalue weighted by Crippen LogP contribution is -2.33. The maximum absolute atomic E-state index is 12.3. The first-order chi connectivity index (χ1) is 9.08. The van der Waals surface area contributed by atoms with Gasteiger partial charge in [-0.1, -0.05) is 27.7 Å². The molecule has 0 aliphatic rings. The van der Waals surface area contributed by atoms with E-state index in [0.29, 0.717) is 5.69 Å². The molecule has 1 aromatic heterocycles. The molecule has 0 aliphatic heterocycles. The summed E-state index contributed by atoms with van der Waals surface area (Å²) in [4.78, 5) is 18.5. The Morgan fingerprint density at radius 3 is 2.05 bits per heavy atom. The molecule has 0 bridgehead atoms. The van der Waals surface area contributed by atoms with Gasteiger partial charge >= 0.3 is 0 Å². The van der Waals surface area contributed by atoms with Gasteiger partial charge in [0.1, 0.15) is 5.69 Å². The van der Waals surface area contributed by atoms with E-state index in [9.17, 15) is 4.79 Å². The molecule has 0 radical (unpaired) electrons. The maximum atomic E-state index is 12.3. The zero-order chi connectivity index (χ0) is 14.8. The molecule has 1 heterocycles. The van der Waals surface area contributed by atoms with Crippen molar-refractivity contribution in [2.45, 2.75) is 54.4 Å². The molecule has 0 saturated carbocycles. The van der Waals surface area contributed by atoms with E-state index in [1.807, 2.05) is 44.7 Å². The number of amides is 1. The first-order valence-electron chi connectivity index (χ1n) is 7.33. The van der Waals surface area contributed by atoms with Crippen LogP contribution in [0.5, 0.6) is 0 Å². The topological polar surface area (TPSA) is 33.2 Å². The Labute approximate surface area is 118 Å². The predicted octanol–water partition coefficient (Wildman–Crippen LogP) is 3.99. The Bertz CT molecular complexity index is 362. The van der Waals surface area contributed by atoms with E-state index < -0.39 is 0 Å². The predicted molar refractivity (Wildman–Crippen MR) is 81.5 cm³/mol. The van der Waals surface area contributed by atoms with Crippen molar-refractivity contribution in [3.8, 4) is 0 Å².